The summed E-state index contributed by atoms with van der Waals surface area (Å²) in [4.78, 5) is 37.2. The number of hydrogen-bond donors (Lipinski definition) is 2. The maximum Gasteiger partial charge on any atom is 0.324 e. The summed E-state index contributed by atoms with van der Waals surface area (Å²) in [6.07, 6.45) is 0. The quantitative estimate of drug-likeness (QED) is 0.602. The number of urea groups is 1. The third kappa shape index (κ3) is 4.64. The molecule has 0 radical (unpaired) electrons. The van der Waals surface area contributed by atoms with Gasteiger partial charge in [-0.05, 0) is 41.3 Å². The van der Waals surface area contributed by atoms with Gasteiger partial charge in [-0.2, -0.15) is 0 Å². The Morgan fingerprint density at radius 2 is 1.58 bits per heavy atom. The predicted octanol–water partition coefficient (Wildman–Crippen LogP) is 3.90. The standard InChI is InChI=1S/C25H23N3O3/c1-17(19-11-13-21(14-12-19)20-5-3-2-4-6-20)27-24(30)22-9-7-18(8-10-22)16-28-23(29)15-26-25(28)31/h2-14,17H,15-16H2,1H3,(H,26,31)(H,27,30)/t17-/m0/s1. The average Bonchev–Trinajstić information content (AvgIpc) is 3.12. The summed E-state index contributed by atoms with van der Waals surface area (Å²) >= 11 is 0. The second-order valence-corrected chi connectivity index (χ2v) is 7.52. The number of carbonyl (C=O) groups excluding carboxylic acids is 3. The number of imide groups is 1. The number of rotatable bonds is 6. The van der Waals surface area contributed by atoms with Crippen molar-refractivity contribution in [3.05, 3.63) is 95.6 Å². The molecule has 0 spiro atoms. The minimum Gasteiger partial charge on any atom is -0.346 e. The van der Waals surface area contributed by atoms with Gasteiger partial charge in [0.05, 0.1) is 19.1 Å². The molecule has 1 aliphatic heterocycles. The van der Waals surface area contributed by atoms with Crippen molar-refractivity contribution < 1.29 is 14.4 Å². The van der Waals surface area contributed by atoms with Crippen LogP contribution in [0.15, 0.2) is 78.9 Å². The van der Waals surface area contributed by atoms with Crippen LogP contribution in [0.3, 0.4) is 0 Å². The molecule has 6 nitrogen and oxygen atoms in total. The SMILES string of the molecule is C[C@H](NC(=O)c1ccc(CN2C(=O)CNC2=O)cc1)c1ccc(-c2ccccc2)cc1. The topological polar surface area (TPSA) is 78.5 Å². The lowest BCUT2D eigenvalue weighted by Gasteiger charge is -2.16. The number of nitrogens with one attached hydrogen (secondary N) is 2. The highest BCUT2D eigenvalue weighted by Crippen LogP contribution is 2.22. The Morgan fingerprint density at radius 1 is 0.935 bits per heavy atom. The van der Waals surface area contributed by atoms with E-state index >= 15 is 0 Å². The molecule has 0 aliphatic carbocycles. The molecule has 0 saturated carbocycles. The van der Waals surface area contributed by atoms with Crippen molar-refractivity contribution in [1.82, 2.24) is 15.5 Å². The predicted molar refractivity (Wildman–Crippen MR) is 118 cm³/mol. The van der Waals surface area contributed by atoms with Crippen LogP contribution in [0.25, 0.3) is 11.1 Å². The van der Waals surface area contributed by atoms with Crippen molar-refractivity contribution in [2.24, 2.45) is 0 Å². The van der Waals surface area contributed by atoms with Gasteiger partial charge in [-0.3, -0.25) is 14.5 Å². The summed E-state index contributed by atoms with van der Waals surface area (Å²) in [7, 11) is 0. The first-order chi connectivity index (χ1) is 15.0. The molecule has 4 rings (SSSR count). The van der Waals surface area contributed by atoms with Gasteiger partial charge in [0.25, 0.3) is 5.91 Å². The van der Waals surface area contributed by atoms with E-state index in [0.717, 1.165) is 27.2 Å². The van der Waals surface area contributed by atoms with Crippen molar-refractivity contribution in [2.75, 3.05) is 6.54 Å². The van der Waals surface area contributed by atoms with E-state index in [1.165, 1.54) is 0 Å². The Morgan fingerprint density at radius 3 is 2.19 bits per heavy atom. The van der Waals surface area contributed by atoms with E-state index in [1.807, 2.05) is 37.3 Å². The van der Waals surface area contributed by atoms with E-state index in [-0.39, 0.29) is 37.0 Å². The van der Waals surface area contributed by atoms with Gasteiger partial charge >= 0.3 is 6.03 Å². The smallest absolute Gasteiger partial charge is 0.324 e. The van der Waals surface area contributed by atoms with E-state index in [2.05, 4.69) is 34.9 Å². The first-order valence-corrected chi connectivity index (χ1v) is 10.1. The Bertz CT molecular complexity index is 1080. The fraction of sp³-hybridized carbons (Fsp3) is 0.160. The number of benzene rings is 3. The van der Waals surface area contributed by atoms with Crippen LogP contribution >= 0.6 is 0 Å². The lowest BCUT2D eigenvalue weighted by atomic mass is 10.0. The van der Waals surface area contributed by atoms with E-state index in [4.69, 9.17) is 0 Å². The van der Waals surface area contributed by atoms with Crippen LogP contribution in [-0.4, -0.2) is 29.3 Å². The zero-order chi connectivity index (χ0) is 21.8. The molecule has 0 bridgehead atoms. The van der Waals surface area contributed by atoms with Gasteiger partial charge in [-0.1, -0.05) is 66.7 Å². The summed E-state index contributed by atoms with van der Waals surface area (Å²) in [6.45, 7) is 2.17. The first-order valence-electron chi connectivity index (χ1n) is 10.1. The molecular formula is C25H23N3O3. The highest BCUT2D eigenvalue weighted by atomic mass is 16.2. The number of carbonyl (C=O) groups is 3. The third-order valence-corrected chi connectivity index (χ3v) is 5.36. The fourth-order valence-corrected chi connectivity index (χ4v) is 3.52. The van der Waals surface area contributed by atoms with Gasteiger partial charge in [0.15, 0.2) is 0 Å². The van der Waals surface area contributed by atoms with Crippen molar-refractivity contribution in [2.45, 2.75) is 19.5 Å². The van der Waals surface area contributed by atoms with Gasteiger partial charge in [0.2, 0.25) is 5.91 Å². The molecule has 2 N–H and O–H groups in total. The Balaban J connectivity index is 1.37. The molecule has 4 amide bonds. The van der Waals surface area contributed by atoms with Gasteiger partial charge < -0.3 is 10.6 Å². The fourth-order valence-electron chi connectivity index (χ4n) is 3.52. The number of hydrogen-bond acceptors (Lipinski definition) is 3. The summed E-state index contributed by atoms with van der Waals surface area (Å²) in [5, 5.41) is 5.50. The molecule has 6 heteroatoms. The van der Waals surface area contributed by atoms with E-state index in [0.29, 0.717) is 5.56 Å². The van der Waals surface area contributed by atoms with Gasteiger partial charge in [0, 0.05) is 5.56 Å². The second-order valence-electron chi connectivity index (χ2n) is 7.52. The molecular weight excluding hydrogens is 390 g/mol. The minimum atomic E-state index is -0.390. The molecule has 0 aromatic heterocycles. The van der Waals surface area contributed by atoms with E-state index in [1.54, 1.807) is 24.3 Å². The first kappa shape index (κ1) is 20.3. The molecule has 1 aliphatic rings. The monoisotopic (exact) mass is 413 g/mol. The van der Waals surface area contributed by atoms with Crippen LogP contribution < -0.4 is 10.6 Å². The van der Waals surface area contributed by atoms with Gasteiger partial charge in [-0.15, -0.1) is 0 Å². The molecule has 3 aromatic rings. The summed E-state index contributed by atoms with van der Waals surface area (Å²) < 4.78 is 0. The van der Waals surface area contributed by atoms with Gasteiger partial charge in [-0.25, -0.2) is 4.79 Å². The summed E-state index contributed by atoms with van der Waals surface area (Å²) in [6, 6.07) is 24.7. The van der Waals surface area contributed by atoms with Crippen molar-refractivity contribution >= 4 is 17.8 Å². The van der Waals surface area contributed by atoms with Crippen LogP contribution in [0.2, 0.25) is 0 Å². The number of nitrogens with zero attached hydrogens (tertiary/aromatic N) is 1. The Kier molecular flexibility index (Phi) is 5.80. The highest BCUT2D eigenvalue weighted by Gasteiger charge is 2.28. The molecule has 3 aromatic carbocycles. The van der Waals surface area contributed by atoms with E-state index < -0.39 is 0 Å². The van der Waals surface area contributed by atoms with Crippen LogP contribution in [0.5, 0.6) is 0 Å². The maximum absolute atomic E-state index is 12.6. The zero-order valence-electron chi connectivity index (χ0n) is 17.2. The Hall–Kier alpha value is -3.93. The summed E-state index contributed by atoms with van der Waals surface area (Å²) in [5.41, 5.74) is 4.60. The molecule has 31 heavy (non-hydrogen) atoms. The maximum atomic E-state index is 12.6. The number of amides is 4. The molecule has 156 valence electrons. The summed E-state index contributed by atoms with van der Waals surface area (Å²) in [5.74, 6) is -0.430. The molecule has 0 unspecified atom stereocenters. The van der Waals surface area contributed by atoms with Crippen LogP contribution in [0, 0.1) is 0 Å². The minimum absolute atomic E-state index is 0.0313. The largest absolute Gasteiger partial charge is 0.346 e. The highest BCUT2D eigenvalue weighted by molar-refractivity contribution is 6.01. The lowest BCUT2D eigenvalue weighted by molar-refractivity contribution is -0.125. The van der Waals surface area contributed by atoms with Gasteiger partial charge in [0.1, 0.15) is 0 Å². The van der Waals surface area contributed by atoms with Crippen molar-refractivity contribution in [3.63, 3.8) is 0 Å². The van der Waals surface area contributed by atoms with Crippen LogP contribution in [0.4, 0.5) is 4.79 Å². The second kappa shape index (κ2) is 8.83. The van der Waals surface area contributed by atoms with Crippen LogP contribution in [0.1, 0.15) is 34.5 Å². The molecule has 1 atom stereocenters. The third-order valence-electron chi connectivity index (χ3n) is 5.36. The Labute approximate surface area is 180 Å². The normalized spacial score (nSPS) is 14.3. The molecule has 1 heterocycles. The lowest BCUT2D eigenvalue weighted by Crippen LogP contribution is -2.30. The molecule has 1 fully saturated rings. The average molecular weight is 413 g/mol. The van der Waals surface area contributed by atoms with E-state index in [9.17, 15) is 14.4 Å². The van der Waals surface area contributed by atoms with Crippen molar-refractivity contribution in [3.8, 4) is 11.1 Å². The van der Waals surface area contributed by atoms with Crippen LogP contribution in [-0.2, 0) is 11.3 Å². The van der Waals surface area contributed by atoms with Crippen molar-refractivity contribution in [1.29, 1.82) is 0 Å². The zero-order valence-corrected chi connectivity index (χ0v) is 17.2. The molecule has 1 saturated heterocycles.